The first-order valence-electron chi connectivity index (χ1n) is 10.9. The predicted octanol–water partition coefficient (Wildman–Crippen LogP) is -1.00. The van der Waals surface area contributed by atoms with Gasteiger partial charge in [-0.2, -0.15) is 0 Å². The molecule has 190 valence electrons. The molecule has 0 spiro atoms. The van der Waals surface area contributed by atoms with Crippen molar-refractivity contribution in [3.8, 4) is 0 Å². The van der Waals surface area contributed by atoms with Gasteiger partial charge in [-0.25, -0.2) is 9.78 Å². The fraction of sp³-hybridized carbons (Fsp3) is 0.619. The monoisotopic (exact) mass is 482 g/mol. The molecule has 4 atom stereocenters. The van der Waals surface area contributed by atoms with E-state index in [1.165, 1.54) is 12.5 Å². The molecule has 1 heterocycles. The Bertz CT molecular complexity index is 856. The number of nitrogens with two attached hydrogens (primary N) is 1. The summed E-state index contributed by atoms with van der Waals surface area (Å²) in [5, 5.41) is 25.3. The van der Waals surface area contributed by atoms with Crippen LogP contribution in [0.1, 0.15) is 46.2 Å². The van der Waals surface area contributed by atoms with Gasteiger partial charge >= 0.3 is 11.9 Å². The molecule has 1 rings (SSSR count). The van der Waals surface area contributed by atoms with Crippen molar-refractivity contribution in [2.24, 2.45) is 17.6 Å². The molecule has 0 aliphatic rings. The number of aromatic nitrogens is 2. The van der Waals surface area contributed by atoms with Crippen LogP contribution in [0.5, 0.6) is 0 Å². The van der Waals surface area contributed by atoms with E-state index in [-0.39, 0.29) is 12.3 Å². The summed E-state index contributed by atoms with van der Waals surface area (Å²) in [7, 11) is 0. The van der Waals surface area contributed by atoms with Gasteiger partial charge in [0.05, 0.1) is 18.8 Å². The second-order valence-electron chi connectivity index (χ2n) is 8.81. The number of nitrogens with zero attached hydrogens (tertiary/aromatic N) is 1. The average Bonchev–Trinajstić information content (AvgIpc) is 3.22. The molecule has 13 heteroatoms. The summed E-state index contributed by atoms with van der Waals surface area (Å²) in [5.41, 5.74) is 6.48. The van der Waals surface area contributed by atoms with Gasteiger partial charge in [-0.1, -0.05) is 27.7 Å². The standard InChI is InChI=1S/C21H34N6O7/c1-10(2)5-13(22)18(30)25-14(6-12-8-23-9-24-12)19(31)27-17(11(3)4)20(32)26-15(21(33)34)7-16(28)29/h8-11,13-15,17H,5-7,22H2,1-4H3,(H,23,24)(H,25,30)(H,26,32)(H,27,31)(H,28,29)(H,33,34)/t13-,14-,15-,17-/m0/s1. The third-order valence-corrected chi connectivity index (χ3v) is 4.91. The van der Waals surface area contributed by atoms with Crippen LogP contribution in [0.2, 0.25) is 0 Å². The van der Waals surface area contributed by atoms with Crippen molar-refractivity contribution >= 4 is 29.7 Å². The quantitative estimate of drug-likeness (QED) is 0.173. The van der Waals surface area contributed by atoms with Crippen molar-refractivity contribution in [2.45, 2.75) is 71.1 Å². The highest BCUT2D eigenvalue weighted by molar-refractivity contribution is 5.94. The van der Waals surface area contributed by atoms with E-state index in [2.05, 4.69) is 25.9 Å². The van der Waals surface area contributed by atoms with Crippen LogP contribution in [0.4, 0.5) is 0 Å². The summed E-state index contributed by atoms with van der Waals surface area (Å²) >= 11 is 0. The maximum Gasteiger partial charge on any atom is 0.326 e. The first-order valence-corrected chi connectivity index (χ1v) is 10.9. The molecule has 13 nitrogen and oxygen atoms in total. The lowest BCUT2D eigenvalue weighted by molar-refractivity contribution is -0.147. The maximum atomic E-state index is 13.1. The fourth-order valence-corrected chi connectivity index (χ4v) is 3.14. The number of rotatable bonds is 14. The summed E-state index contributed by atoms with van der Waals surface area (Å²) in [6, 6.07) is -4.80. The van der Waals surface area contributed by atoms with E-state index in [4.69, 9.17) is 10.8 Å². The summed E-state index contributed by atoms with van der Waals surface area (Å²) in [6.45, 7) is 7.06. The Morgan fingerprint density at radius 2 is 1.59 bits per heavy atom. The molecule has 3 amide bonds. The van der Waals surface area contributed by atoms with E-state index in [0.29, 0.717) is 12.1 Å². The highest BCUT2D eigenvalue weighted by Crippen LogP contribution is 2.08. The lowest BCUT2D eigenvalue weighted by atomic mass is 10.0. The number of H-pyrrole nitrogens is 1. The number of carboxylic acids is 2. The van der Waals surface area contributed by atoms with Gasteiger partial charge in [-0.05, 0) is 18.3 Å². The van der Waals surface area contributed by atoms with Crippen LogP contribution in [0.25, 0.3) is 0 Å². The molecule has 8 N–H and O–H groups in total. The third kappa shape index (κ3) is 9.57. The number of carboxylic acid groups (broad SMARTS) is 2. The van der Waals surface area contributed by atoms with Crippen LogP contribution >= 0.6 is 0 Å². The van der Waals surface area contributed by atoms with E-state index in [1.807, 2.05) is 13.8 Å². The third-order valence-electron chi connectivity index (χ3n) is 4.91. The summed E-state index contributed by atoms with van der Waals surface area (Å²) in [4.78, 5) is 67.3. The topological polar surface area (TPSA) is 217 Å². The van der Waals surface area contributed by atoms with Gasteiger partial charge in [-0.3, -0.25) is 19.2 Å². The average molecular weight is 483 g/mol. The molecule has 0 saturated carbocycles. The molecule has 0 aliphatic heterocycles. The van der Waals surface area contributed by atoms with Gasteiger partial charge in [0.2, 0.25) is 17.7 Å². The number of carbonyl (C=O) groups is 5. The number of aromatic amines is 1. The molecule has 0 fully saturated rings. The van der Waals surface area contributed by atoms with Gasteiger partial charge in [0.25, 0.3) is 0 Å². The van der Waals surface area contributed by atoms with Crippen LogP contribution in [-0.2, 0) is 30.4 Å². The minimum Gasteiger partial charge on any atom is -0.481 e. The van der Waals surface area contributed by atoms with Crippen molar-refractivity contribution in [1.82, 2.24) is 25.9 Å². The lowest BCUT2D eigenvalue weighted by Crippen LogP contribution is -2.59. The SMILES string of the molecule is CC(C)C[C@H](N)C(=O)N[C@@H](Cc1cnc[nH]1)C(=O)N[C@H](C(=O)N[C@@H](CC(=O)O)C(=O)O)C(C)C. The second-order valence-corrected chi connectivity index (χ2v) is 8.81. The Morgan fingerprint density at radius 1 is 0.971 bits per heavy atom. The van der Waals surface area contributed by atoms with E-state index in [0.717, 1.165) is 0 Å². The van der Waals surface area contributed by atoms with E-state index >= 15 is 0 Å². The van der Waals surface area contributed by atoms with Crippen molar-refractivity contribution in [3.63, 3.8) is 0 Å². The maximum absolute atomic E-state index is 13.1. The number of imidazole rings is 1. The van der Waals surface area contributed by atoms with E-state index in [1.54, 1.807) is 13.8 Å². The summed E-state index contributed by atoms with van der Waals surface area (Å²) in [6.07, 6.45) is 2.51. The predicted molar refractivity (Wildman–Crippen MR) is 120 cm³/mol. The van der Waals surface area contributed by atoms with Gasteiger partial charge in [0.1, 0.15) is 18.1 Å². The smallest absolute Gasteiger partial charge is 0.326 e. The lowest BCUT2D eigenvalue weighted by Gasteiger charge is -2.27. The molecular formula is C21H34N6O7. The van der Waals surface area contributed by atoms with Crippen molar-refractivity contribution in [3.05, 3.63) is 18.2 Å². The molecule has 0 unspecified atom stereocenters. The van der Waals surface area contributed by atoms with Crippen molar-refractivity contribution in [1.29, 1.82) is 0 Å². The second kappa shape index (κ2) is 13.3. The molecular weight excluding hydrogens is 448 g/mol. The first kappa shape index (κ1) is 28.6. The molecule has 1 aromatic rings. The molecule has 1 aromatic heterocycles. The Labute approximate surface area is 197 Å². The zero-order valence-electron chi connectivity index (χ0n) is 19.7. The van der Waals surface area contributed by atoms with Crippen LogP contribution < -0.4 is 21.7 Å². The fourth-order valence-electron chi connectivity index (χ4n) is 3.14. The van der Waals surface area contributed by atoms with Crippen LogP contribution in [-0.4, -0.2) is 74.0 Å². The van der Waals surface area contributed by atoms with Gasteiger partial charge < -0.3 is 36.9 Å². The Morgan fingerprint density at radius 3 is 2.06 bits per heavy atom. The minimum absolute atomic E-state index is 0.0369. The van der Waals surface area contributed by atoms with Gasteiger partial charge in [-0.15, -0.1) is 0 Å². The zero-order chi connectivity index (χ0) is 26.0. The molecule has 0 aromatic carbocycles. The number of carbonyl (C=O) groups excluding carboxylic acids is 3. The zero-order valence-corrected chi connectivity index (χ0v) is 19.7. The molecule has 0 bridgehead atoms. The highest BCUT2D eigenvalue weighted by atomic mass is 16.4. The Balaban J connectivity index is 3.02. The number of aliphatic carboxylic acids is 2. The highest BCUT2D eigenvalue weighted by Gasteiger charge is 2.32. The largest absolute Gasteiger partial charge is 0.481 e. The minimum atomic E-state index is -1.67. The summed E-state index contributed by atoms with van der Waals surface area (Å²) in [5.74, 6) is -5.34. The van der Waals surface area contributed by atoms with Crippen LogP contribution in [0.3, 0.4) is 0 Å². The number of amides is 3. The Hall–Kier alpha value is -3.48. The van der Waals surface area contributed by atoms with E-state index < -0.39 is 66.2 Å². The van der Waals surface area contributed by atoms with Crippen molar-refractivity contribution < 1.29 is 34.2 Å². The normalized spacial score (nSPS) is 14.7. The number of nitrogens with one attached hydrogen (secondary N) is 4. The molecule has 34 heavy (non-hydrogen) atoms. The van der Waals surface area contributed by atoms with Gasteiger partial charge in [0, 0.05) is 18.3 Å². The molecule has 0 aliphatic carbocycles. The number of hydrogen-bond donors (Lipinski definition) is 7. The van der Waals surface area contributed by atoms with Gasteiger partial charge in [0.15, 0.2) is 0 Å². The molecule has 0 radical (unpaired) electrons. The van der Waals surface area contributed by atoms with Crippen LogP contribution in [0.15, 0.2) is 12.5 Å². The first-order chi connectivity index (χ1) is 15.8. The van der Waals surface area contributed by atoms with Crippen molar-refractivity contribution in [2.75, 3.05) is 0 Å². The molecule has 0 saturated heterocycles. The van der Waals surface area contributed by atoms with E-state index in [9.17, 15) is 29.1 Å². The number of hydrogen-bond acceptors (Lipinski definition) is 7. The Kier molecular flexibility index (Phi) is 11.2. The summed E-state index contributed by atoms with van der Waals surface area (Å²) < 4.78 is 0. The van der Waals surface area contributed by atoms with Crippen LogP contribution in [0, 0.1) is 11.8 Å².